The van der Waals surface area contributed by atoms with Gasteiger partial charge < -0.3 is 10.1 Å². The summed E-state index contributed by atoms with van der Waals surface area (Å²) in [6.45, 7) is 3.01. The Bertz CT molecular complexity index is 446. The van der Waals surface area contributed by atoms with Crippen molar-refractivity contribution in [1.29, 1.82) is 0 Å². The molecule has 3 N–H and O–H groups in total. The first-order valence-electron chi connectivity index (χ1n) is 7.25. The van der Waals surface area contributed by atoms with E-state index in [4.69, 9.17) is 29.2 Å². The van der Waals surface area contributed by atoms with Gasteiger partial charge in [-0.2, -0.15) is 0 Å². The SMILES string of the molecule is COC[C@H](C)NC(=S)NNC(=O)CCCCN1C(=O)CSC1=S. The van der Waals surface area contributed by atoms with Gasteiger partial charge in [-0.1, -0.05) is 24.0 Å². The normalized spacial score (nSPS) is 15.5. The lowest BCUT2D eigenvalue weighted by atomic mass is 10.2. The maximum absolute atomic E-state index is 11.7. The van der Waals surface area contributed by atoms with Crippen LogP contribution in [-0.4, -0.2) is 58.2 Å². The van der Waals surface area contributed by atoms with E-state index < -0.39 is 0 Å². The second-order valence-electron chi connectivity index (χ2n) is 5.06. The first-order valence-corrected chi connectivity index (χ1v) is 9.05. The van der Waals surface area contributed by atoms with Crippen molar-refractivity contribution in [3.8, 4) is 0 Å². The van der Waals surface area contributed by atoms with E-state index in [0.29, 0.717) is 41.2 Å². The fraction of sp³-hybridized carbons (Fsp3) is 0.692. The number of nitrogens with zero attached hydrogens (tertiary/aromatic N) is 1. The van der Waals surface area contributed by atoms with Crippen LogP contribution in [0.25, 0.3) is 0 Å². The molecular formula is C13H22N4O3S3. The summed E-state index contributed by atoms with van der Waals surface area (Å²) in [6, 6.07) is 0.0524. The van der Waals surface area contributed by atoms with Crippen LogP contribution in [0.3, 0.4) is 0 Å². The molecule has 0 aromatic carbocycles. The predicted octanol–water partition coefficient (Wildman–Crippen LogP) is 0.547. The number of hydrogen-bond donors (Lipinski definition) is 3. The molecule has 0 saturated carbocycles. The fourth-order valence-corrected chi connectivity index (χ4v) is 3.27. The van der Waals surface area contributed by atoms with Crippen LogP contribution in [0.5, 0.6) is 0 Å². The lowest BCUT2D eigenvalue weighted by molar-refractivity contribution is -0.124. The van der Waals surface area contributed by atoms with E-state index in [9.17, 15) is 9.59 Å². The van der Waals surface area contributed by atoms with Crippen molar-refractivity contribution in [1.82, 2.24) is 21.1 Å². The number of methoxy groups -OCH3 is 1. The van der Waals surface area contributed by atoms with E-state index in [2.05, 4.69) is 16.2 Å². The third-order valence-corrected chi connectivity index (χ3v) is 4.64. The third-order valence-electron chi connectivity index (χ3n) is 2.99. The number of ether oxygens (including phenoxy) is 1. The maximum Gasteiger partial charge on any atom is 0.238 e. The molecule has 1 atom stereocenters. The van der Waals surface area contributed by atoms with Crippen molar-refractivity contribution < 1.29 is 14.3 Å². The smallest absolute Gasteiger partial charge is 0.238 e. The zero-order valence-corrected chi connectivity index (χ0v) is 15.7. The van der Waals surface area contributed by atoms with Gasteiger partial charge in [0.25, 0.3) is 0 Å². The summed E-state index contributed by atoms with van der Waals surface area (Å²) in [5, 5.41) is 3.31. The topological polar surface area (TPSA) is 82.7 Å². The van der Waals surface area contributed by atoms with Crippen LogP contribution >= 0.6 is 36.2 Å². The molecule has 0 radical (unpaired) electrons. The highest BCUT2D eigenvalue weighted by Crippen LogP contribution is 2.19. The molecule has 1 fully saturated rings. The first-order chi connectivity index (χ1) is 10.9. The van der Waals surface area contributed by atoms with E-state index in [-0.39, 0.29) is 17.9 Å². The number of carbonyl (C=O) groups is 2. The number of amides is 2. The summed E-state index contributed by atoms with van der Waals surface area (Å²) in [7, 11) is 1.61. The molecule has 0 aliphatic carbocycles. The Labute approximate surface area is 151 Å². The zero-order chi connectivity index (χ0) is 17.2. The Morgan fingerprint density at radius 1 is 1.43 bits per heavy atom. The Kier molecular flexibility index (Phi) is 9.37. The molecule has 7 nitrogen and oxygen atoms in total. The number of thioether (sulfide) groups is 1. The molecule has 0 aromatic heterocycles. The van der Waals surface area contributed by atoms with Crippen LogP contribution in [0.4, 0.5) is 0 Å². The second kappa shape index (κ2) is 10.7. The van der Waals surface area contributed by atoms with Gasteiger partial charge in [0.1, 0.15) is 4.32 Å². The number of thiocarbonyl (C=S) groups is 2. The van der Waals surface area contributed by atoms with Gasteiger partial charge in [0.05, 0.1) is 12.4 Å². The van der Waals surface area contributed by atoms with Crippen LogP contribution in [0.2, 0.25) is 0 Å². The molecule has 0 spiro atoms. The number of hydrogen-bond acceptors (Lipinski definition) is 6. The molecule has 1 aliphatic rings. The van der Waals surface area contributed by atoms with Crippen molar-refractivity contribution in [3.63, 3.8) is 0 Å². The molecule has 0 unspecified atom stereocenters. The van der Waals surface area contributed by atoms with E-state index in [0.717, 1.165) is 6.42 Å². The quantitative estimate of drug-likeness (QED) is 0.321. The molecule has 2 amide bonds. The summed E-state index contributed by atoms with van der Waals surface area (Å²) in [5.41, 5.74) is 5.18. The number of nitrogens with one attached hydrogen (secondary N) is 3. The molecule has 1 aliphatic heterocycles. The summed E-state index contributed by atoms with van der Waals surface area (Å²) in [5.74, 6) is 0.320. The minimum atomic E-state index is -0.154. The molecule has 1 heterocycles. The highest BCUT2D eigenvalue weighted by atomic mass is 32.2. The number of rotatable bonds is 8. The Balaban J connectivity index is 2.09. The predicted molar refractivity (Wildman–Crippen MR) is 99.0 cm³/mol. The monoisotopic (exact) mass is 378 g/mol. The lowest BCUT2D eigenvalue weighted by Gasteiger charge is -2.16. The maximum atomic E-state index is 11.7. The Morgan fingerprint density at radius 3 is 2.78 bits per heavy atom. The Hall–Kier alpha value is -0.970. The second-order valence-corrected chi connectivity index (χ2v) is 7.08. The molecule has 0 bridgehead atoms. The van der Waals surface area contributed by atoms with Crippen LogP contribution in [0.1, 0.15) is 26.2 Å². The van der Waals surface area contributed by atoms with Gasteiger partial charge in [-0.3, -0.25) is 25.3 Å². The van der Waals surface area contributed by atoms with Gasteiger partial charge >= 0.3 is 0 Å². The van der Waals surface area contributed by atoms with Crippen LogP contribution in [0, 0.1) is 0 Å². The molecule has 10 heteroatoms. The first kappa shape index (κ1) is 20.1. The van der Waals surface area contributed by atoms with Crippen molar-refractivity contribution >= 4 is 57.4 Å². The van der Waals surface area contributed by atoms with Gasteiger partial charge in [-0.15, -0.1) is 0 Å². The van der Waals surface area contributed by atoms with Gasteiger partial charge in [-0.05, 0) is 32.0 Å². The van der Waals surface area contributed by atoms with Crippen molar-refractivity contribution in [2.75, 3.05) is 26.0 Å². The third kappa shape index (κ3) is 7.91. The van der Waals surface area contributed by atoms with Crippen LogP contribution in [-0.2, 0) is 14.3 Å². The summed E-state index contributed by atoms with van der Waals surface area (Å²) >= 11 is 11.5. The van der Waals surface area contributed by atoms with Gasteiger partial charge in [-0.25, -0.2) is 0 Å². The van der Waals surface area contributed by atoms with Crippen LogP contribution < -0.4 is 16.2 Å². The number of unbranched alkanes of at least 4 members (excludes halogenated alkanes) is 1. The minimum Gasteiger partial charge on any atom is -0.383 e. The van der Waals surface area contributed by atoms with Gasteiger partial charge in [0.15, 0.2) is 5.11 Å². The van der Waals surface area contributed by atoms with E-state index in [1.807, 2.05) is 6.92 Å². The highest BCUT2D eigenvalue weighted by Gasteiger charge is 2.25. The van der Waals surface area contributed by atoms with E-state index >= 15 is 0 Å². The highest BCUT2D eigenvalue weighted by molar-refractivity contribution is 8.23. The molecule has 23 heavy (non-hydrogen) atoms. The largest absolute Gasteiger partial charge is 0.383 e. The average Bonchev–Trinajstić information content (AvgIpc) is 2.81. The van der Waals surface area contributed by atoms with Crippen molar-refractivity contribution in [2.24, 2.45) is 0 Å². The molecule has 1 saturated heterocycles. The lowest BCUT2D eigenvalue weighted by Crippen LogP contribution is -2.49. The average molecular weight is 379 g/mol. The summed E-state index contributed by atoms with van der Waals surface area (Å²) in [6.07, 6.45) is 1.75. The molecule has 1 rings (SSSR count). The number of hydrazine groups is 1. The van der Waals surface area contributed by atoms with E-state index in [1.165, 1.54) is 11.8 Å². The minimum absolute atomic E-state index is 0.0488. The van der Waals surface area contributed by atoms with Gasteiger partial charge in [0, 0.05) is 26.1 Å². The molecule has 130 valence electrons. The molecular weight excluding hydrogens is 356 g/mol. The summed E-state index contributed by atoms with van der Waals surface area (Å²) in [4.78, 5) is 24.8. The van der Waals surface area contributed by atoms with E-state index in [1.54, 1.807) is 12.0 Å². The van der Waals surface area contributed by atoms with Gasteiger partial charge in [0.2, 0.25) is 11.8 Å². The van der Waals surface area contributed by atoms with Crippen LogP contribution in [0.15, 0.2) is 0 Å². The summed E-state index contributed by atoms with van der Waals surface area (Å²) < 4.78 is 5.60. The fourth-order valence-electron chi connectivity index (χ4n) is 1.89. The zero-order valence-electron chi connectivity index (χ0n) is 13.2. The standard InChI is InChI=1S/C13H22N4O3S3/c1-9(7-20-2)14-12(21)16-15-10(18)5-3-4-6-17-11(19)8-23-13(17)22/h9H,3-8H2,1-2H3,(H,15,18)(H2,14,16,21)/t9-/m0/s1. The number of carbonyl (C=O) groups excluding carboxylic acids is 2. The van der Waals surface area contributed by atoms with Crippen molar-refractivity contribution in [3.05, 3.63) is 0 Å². The molecule has 0 aromatic rings. The van der Waals surface area contributed by atoms with Crippen molar-refractivity contribution in [2.45, 2.75) is 32.2 Å². The Morgan fingerprint density at radius 2 is 2.17 bits per heavy atom.